The van der Waals surface area contributed by atoms with Crippen LogP contribution in [0, 0.1) is 11.3 Å². The Kier molecular flexibility index (Phi) is 3.33. The smallest absolute Gasteiger partial charge is 0.185 e. The molecule has 1 aromatic heterocycles. The number of aromatic nitrogens is 1. The normalized spacial score (nSPS) is 24.3. The van der Waals surface area contributed by atoms with Crippen molar-refractivity contribution in [3.8, 4) is 6.07 Å². The molecule has 2 rings (SSSR count). The third-order valence-corrected chi connectivity index (χ3v) is 3.90. The van der Waals surface area contributed by atoms with E-state index in [-0.39, 0.29) is 10.8 Å². The lowest BCUT2D eigenvalue weighted by Crippen LogP contribution is -2.32. The van der Waals surface area contributed by atoms with Gasteiger partial charge in [-0.05, 0) is 19.8 Å². The fraction of sp³-hybridized carbons (Fsp3) is 0.600. The van der Waals surface area contributed by atoms with Crippen molar-refractivity contribution in [1.82, 2.24) is 4.98 Å². The Labute approximate surface area is 103 Å². The number of nitrogens with zero attached hydrogens (tertiary/aromatic N) is 2. The van der Waals surface area contributed by atoms with Gasteiger partial charge in [0.2, 0.25) is 0 Å². The van der Waals surface area contributed by atoms with Crippen molar-refractivity contribution in [1.29, 1.82) is 5.26 Å². The molecule has 0 spiro atoms. The number of thiazole rings is 1. The van der Waals surface area contributed by atoms with Gasteiger partial charge >= 0.3 is 0 Å². The van der Waals surface area contributed by atoms with Gasteiger partial charge in [-0.1, -0.05) is 22.9 Å². The van der Waals surface area contributed by atoms with Crippen LogP contribution in [0.15, 0.2) is 0 Å². The van der Waals surface area contributed by atoms with Crippen LogP contribution in [-0.2, 0) is 4.74 Å². The Morgan fingerprint density at radius 3 is 3.12 bits per heavy atom. The van der Waals surface area contributed by atoms with Gasteiger partial charge in [0.15, 0.2) is 10.3 Å². The third-order valence-electron chi connectivity index (χ3n) is 2.60. The molecule has 4 nitrogen and oxygen atoms in total. The maximum absolute atomic E-state index is 8.75. The quantitative estimate of drug-likeness (QED) is 0.904. The molecule has 0 aliphatic carbocycles. The van der Waals surface area contributed by atoms with Crippen LogP contribution in [0.2, 0.25) is 5.15 Å². The Morgan fingerprint density at radius 2 is 2.56 bits per heavy atom. The Morgan fingerprint density at radius 1 is 1.75 bits per heavy atom. The van der Waals surface area contributed by atoms with Gasteiger partial charge in [0.1, 0.15) is 10.9 Å². The maximum atomic E-state index is 8.75. The zero-order chi connectivity index (χ0) is 11.6. The lowest BCUT2D eigenvalue weighted by Gasteiger charge is -2.22. The van der Waals surface area contributed by atoms with Gasteiger partial charge in [0, 0.05) is 13.2 Å². The number of hydrogen-bond acceptors (Lipinski definition) is 5. The van der Waals surface area contributed by atoms with Gasteiger partial charge in [-0.2, -0.15) is 5.26 Å². The molecule has 0 saturated carbocycles. The standard InChI is InChI=1S/C10H12ClN3OS/c1-10(3-2-4-15-10)6-13-9-14-8(11)7(5-12)16-9/h2-4,6H2,1H3,(H,13,14). The summed E-state index contributed by atoms with van der Waals surface area (Å²) in [6.45, 7) is 3.59. The summed E-state index contributed by atoms with van der Waals surface area (Å²) in [7, 11) is 0. The van der Waals surface area contributed by atoms with Crippen LogP contribution in [0.4, 0.5) is 5.13 Å². The molecule has 6 heteroatoms. The van der Waals surface area contributed by atoms with Crippen molar-refractivity contribution in [2.24, 2.45) is 0 Å². The van der Waals surface area contributed by atoms with Gasteiger partial charge in [-0.25, -0.2) is 4.98 Å². The number of nitrogens with one attached hydrogen (secondary N) is 1. The molecular formula is C10H12ClN3OS. The van der Waals surface area contributed by atoms with E-state index in [2.05, 4.69) is 17.2 Å². The van der Waals surface area contributed by atoms with E-state index >= 15 is 0 Å². The molecule has 1 unspecified atom stereocenters. The summed E-state index contributed by atoms with van der Waals surface area (Å²) in [5, 5.41) is 12.9. The second-order valence-electron chi connectivity index (χ2n) is 4.01. The van der Waals surface area contributed by atoms with Gasteiger partial charge in [-0.15, -0.1) is 0 Å². The average molecular weight is 258 g/mol. The van der Waals surface area contributed by atoms with Crippen LogP contribution in [0.25, 0.3) is 0 Å². The summed E-state index contributed by atoms with van der Waals surface area (Å²) < 4.78 is 5.64. The van der Waals surface area contributed by atoms with Crippen molar-refractivity contribution >= 4 is 28.1 Å². The molecule has 1 aliphatic rings. The van der Waals surface area contributed by atoms with E-state index in [0.717, 1.165) is 19.4 Å². The predicted molar refractivity (Wildman–Crippen MR) is 63.9 cm³/mol. The van der Waals surface area contributed by atoms with E-state index in [4.69, 9.17) is 21.6 Å². The second-order valence-corrected chi connectivity index (χ2v) is 5.36. The molecule has 0 aromatic carbocycles. The van der Waals surface area contributed by atoms with Crippen molar-refractivity contribution in [2.45, 2.75) is 25.4 Å². The molecular weight excluding hydrogens is 246 g/mol. The lowest BCUT2D eigenvalue weighted by atomic mass is 10.0. The number of halogens is 1. The molecule has 0 bridgehead atoms. The van der Waals surface area contributed by atoms with Crippen LogP contribution in [0.3, 0.4) is 0 Å². The second kappa shape index (κ2) is 4.58. The molecule has 0 radical (unpaired) electrons. The maximum Gasteiger partial charge on any atom is 0.185 e. The highest BCUT2D eigenvalue weighted by Crippen LogP contribution is 2.29. The Bertz CT molecular complexity index is 420. The van der Waals surface area contributed by atoms with E-state index in [9.17, 15) is 0 Å². The first-order valence-corrected chi connectivity index (χ1v) is 6.27. The minimum atomic E-state index is -0.120. The fourth-order valence-corrected chi connectivity index (χ4v) is 2.63. The molecule has 1 fully saturated rings. The number of hydrogen-bond donors (Lipinski definition) is 1. The van der Waals surface area contributed by atoms with Gasteiger partial charge in [0.25, 0.3) is 0 Å². The first-order valence-electron chi connectivity index (χ1n) is 5.07. The molecule has 1 aromatic rings. The predicted octanol–water partition coefficient (Wildman–Crippen LogP) is 2.65. The molecule has 2 heterocycles. The fourth-order valence-electron chi connectivity index (χ4n) is 1.68. The first-order chi connectivity index (χ1) is 7.63. The summed E-state index contributed by atoms with van der Waals surface area (Å²) in [6.07, 6.45) is 2.14. The summed E-state index contributed by atoms with van der Waals surface area (Å²) in [6, 6.07) is 2.01. The minimum Gasteiger partial charge on any atom is -0.373 e. The Balaban J connectivity index is 1.97. The van der Waals surface area contributed by atoms with E-state index in [1.165, 1.54) is 11.3 Å². The molecule has 1 aliphatic heterocycles. The minimum absolute atomic E-state index is 0.120. The number of anilines is 1. The summed E-state index contributed by atoms with van der Waals surface area (Å²) in [4.78, 5) is 4.51. The number of nitriles is 1. The summed E-state index contributed by atoms with van der Waals surface area (Å²) >= 11 is 7.05. The van der Waals surface area contributed by atoms with E-state index in [1.54, 1.807) is 0 Å². The van der Waals surface area contributed by atoms with Gasteiger partial charge in [0.05, 0.1) is 5.60 Å². The third kappa shape index (κ3) is 2.46. The van der Waals surface area contributed by atoms with Crippen molar-refractivity contribution in [3.05, 3.63) is 10.0 Å². The summed E-state index contributed by atoms with van der Waals surface area (Å²) in [5.41, 5.74) is -0.120. The van der Waals surface area contributed by atoms with Crippen LogP contribution >= 0.6 is 22.9 Å². The SMILES string of the molecule is CC1(CNc2nc(Cl)c(C#N)s2)CCCO1. The molecule has 0 amide bonds. The highest BCUT2D eigenvalue weighted by Gasteiger charge is 2.29. The first kappa shape index (κ1) is 11.6. The van der Waals surface area contributed by atoms with Gasteiger partial charge in [-0.3, -0.25) is 0 Å². The summed E-state index contributed by atoms with van der Waals surface area (Å²) in [5.74, 6) is 0. The topological polar surface area (TPSA) is 57.9 Å². The largest absolute Gasteiger partial charge is 0.373 e. The molecule has 1 atom stereocenters. The monoisotopic (exact) mass is 257 g/mol. The van der Waals surface area contributed by atoms with Crippen molar-refractivity contribution in [2.75, 3.05) is 18.5 Å². The van der Waals surface area contributed by atoms with Gasteiger partial charge < -0.3 is 10.1 Å². The Hall–Kier alpha value is -0.830. The number of ether oxygens (including phenoxy) is 1. The van der Waals surface area contributed by atoms with Crippen LogP contribution in [0.1, 0.15) is 24.6 Å². The van der Waals surface area contributed by atoms with Crippen LogP contribution in [-0.4, -0.2) is 23.7 Å². The zero-order valence-corrected chi connectivity index (χ0v) is 10.5. The van der Waals surface area contributed by atoms with Crippen molar-refractivity contribution in [3.63, 3.8) is 0 Å². The molecule has 1 saturated heterocycles. The highest BCUT2D eigenvalue weighted by molar-refractivity contribution is 7.16. The van der Waals surface area contributed by atoms with Crippen molar-refractivity contribution < 1.29 is 4.74 Å². The highest BCUT2D eigenvalue weighted by atomic mass is 35.5. The van der Waals surface area contributed by atoms with Crippen LogP contribution in [0.5, 0.6) is 0 Å². The molecule has 1 N–H and O–H groups in total. The van der Waals surface area contributed by atoms with E-state index in [1.807, 2.05) is 6.07 Å². The van der Waals surface area contributed by atoms with Crippen LogP contribution < -0.4 is 5.32 Å². The zero-order valence-electron chi connectivity index (χ0n) is 8.92. The van der Waals surface area contributed by atoms with E-state index in [0.29, 0.717) is 16.6 Å². The van der Waals surface area contributed by atoms with E-state index < -0.39 is 0 Å². The average Bonchev–Trinajstić information content (AvgIpc) is 2.83. The molecule has 86 valence electrons. The lowest BCUT2D eigenvalue weighted by molar-refractivity contribution is 0.0315. The number of rotatable bonds is 3. The molecule has 16 heavy (non-hydrogen) atoms.